The average molecular weight is 314 g/mol. The molecule has 0 spiro atoms. The molecule has 1 N–H and O–H groups in total. The van der Waals surface area contributed by atoms with Gasteiger partial charge in [-0.05, 0) is 59.8 Å². The van der Waals surface area contributed by atoms with Gasteiger partial charge < -0.3 is 9.73 Å². The van der Waals surface area contributed by atoms with Gasteiger partial charge in [0.15, 0.2) is 4.67 Å². The molecular weight excluding hydrogens is 290 g/mol. The predicted octanol–water partition coefficient (Wildman–Crippen LogP) is 5.05. The second-order valence-electron chi connectivity index (χ2n) is 5.33. The van der Waals surface area contributed by atoms with E-state index >= 15 is 0 Å². The van der Waals surface area contributed by atoms with Crippen LogP contribution in [0.3, 0.4) is 0 Å². The molecule has 102 valence electrons. The zero-order valence-corrected chi connectivity index (χ0v) is 12.8. The maximum atomic E-state index is 5.79. The van der Waals surface area contributed by atoms with Crippen LogP contribution >= 0.6 is 15.9 Å². The van der Waals surface area contributed by atoms with Gasteiger partial charge in [0.1, 0.15) is 5.76 Å². The van der Waals surface area contributed by atoms with Crippen LogP contribution in [-0.2, 0) is 0 Å². The van der Waals surface area contributed by atoms with Gasteiger partial charge in [0.05, 0.1) is 6.04 Å². The van der Waals surface area contributed by atoms with Gasteiger partial charge >= 0.3 is 0 Å². The van der Waals surface area contributed by atoms with Crippen LogP contribution in [0.25, 0.3) is 0 Å². The Labute approximate surface area is 119 Å². The van der Waals surface area contributed by atoms with Crippen molar-refractivity contribution in [3.05, 3.63) is 22.6 Å². The first kappa shape index (κ1) is 14.1. The minimum atomic E-state index is 0.398. The second-order valence-corrected chi connectivity index (χ2v) is 6.11. The fourth-order valence-electron chi connectivity index (χ4n) is 2.94. The van der Waals surface area contributed by atoms with Gasteiger partial charge in [-0.1, -0.05) is 32.6 Å². The van der Waals surface area contributed by atoms with Crippen molar-refractivity contribution >= 4 is 15.9 Å². The summed E-state index contributed by atoms with van der Waals surface area (Å²) in [6.07, 6.45) is 9.38. The third-order valence-electron chi connectivity index (χ3n) is 3.89. The zero-order chi connectivity index (χ0) is 12.8. The highest BCUT2D eigenvalue weighted by Crippen LogP contribution is 2.34. The number of hydrogen-bond donors (Lipinski definition) is 1. The Hall–Kier alpha value is -0.280. The van der Waals surface area contributed by atoms with Gasteiger partial charge in [0.2, 0.25) is 0 Å². The van der Waals surface area contributed by atoms with E-state index in [2.05, 4.69) is 34.2 Å². The molecule has 0 bridgehead atoms. The van der Waals surface area contributed by atoms with Crippen molar-refractivity contribution in [2.75, 3.05) is 6.54 Å². The third kappa shape index (κ3) is 3.86. The van der Waals surface area contributed by atoms with Gasteiger partial charge in [0.25, 0.3) is 0 Å². The van der Waals surface area contributed by atoms with Gasteiger partial charge in [-0.3, -0.25) is 0 Å². The van der Waals surface area contributed by atoms with Crippen molar-refractivity contribution in [1.82, 2.24) is 5.32 Å². The van der Waals surface area contributed by atoms with Crippen LogP contribution in [0.15, 0.2) is 21.2 Å². The topological polar surface area (TPSA) is 25.2 Å². The summed E-state index contributed by atoms with van der Waals surface area (Å²) in [6.45, 7) is 3.29. The van der Waals surface area contributed by atoms with Gasteiger partial charge in [-0.2, -0.15) is 0 Å². The number of rotatable bonds is 5. The SMILES string of the molecule is CCCNC(c1ccc(Br)o1)C1CCCCCC1. The Bertz CT molecular complexity index is 342. The van der Waals surface area contributed by atoms with Crippen LogP contribution in [0.5, 0.6) is 0 Å². The van der Waals surface area contributed by atoms with Crippen molar-refractivity contribution < 1.29 is 4.42 Å². The van der Waals surface area contributed by atoms with Crippen molar-refractivity contribution in [3.63, 3.8) is 0 Å². The van der Waals surface area contributed by atoms with E-state index in [1.165, 1.54) is 44.9 Å². The smallest absolute Gasteiger partial charge is 0.169 e. The zero-order valence-electron chi connectivity index (χ0n) is 11.3. The maximum Gasteiger partial charge on any atom is 0.169 e. The minimum Gasteiger partial charge on any atom is -0.453 e. The highest BCUT2D eigenvalue weighted by molar-refractivity contribution is 9.10. The highest BCUT2D eigenvalue weighted by Gasteiger charge is 2.26. The monoisotopic (exact) mass is 313 g/mol. The number of furan rings is 1. The van der Waals surface area contributed by atoms with E-state index in [4.69, 9.17) is 4.42 Å². The van der Waals surface area contributed by atoms with Crippen molar-refractivity contribution in [1.29, 1.82) is 0 Å². The van der Waals surface area contributed by atoms with Crippen LogP contribution < -0.4 is 5.32 Å². The lowest BCUT2D eigenvalue weighted by molar-refractivity contribution is 0.281. The Balaban J connectivity index is 2.07. The summed E-state index contributed by atoms with van der Waals surface area (Å²) in [6, 6.07) is 4.52. The van der Waals surface area contributed by atoms with E-state index in [9.17, 15) is 0 Å². The molecular formula is C15H24BrNO. The molecule has 0 aliphatic heterocycles. The Morgan fingerprint density at radius 1 is 1.28 bits per heavy atom. The molecule has 18 heavy (non-hydrogen) atoms. The lowest BCUT2D eigenvalue weighted by Gasteiger charge is -2.25. The van der Waals surface area contributed by atoms with Crippen LogP contribution in [0.2, 0.25) is 0 Å². The average Bonchev–Trinajstić information content (AvgIpc) is 2.65. The van der Waals surface area contributed by atoms with Crippen molar-refractivity contribution in [2.45, 2.75) is 57.9 Å². The lowest BCUT2D eigenvalue weighted by atomic mass is 9.90. The Morgan fingerprint density at radius 2 is 2.00 bits per heavy atom. The molecule has 1 aliphatic carbocycles. The molecule has 1 aliphatic rings. The third-order valence-corrected chi connectivity index (χ3v) is 4.31. The fraction of sp³-hybridized carbons (Fsp3) is 0.733. The lowest BCUT2D eigenvalue weighted by Crippen LogP contribution is -2.28. The first-order chi connectivity index (χ1) is 8.81. The summed E-state index contributed by atoms with van der Waals surface area (Å²) in [4.78, 5) is 0. The largest absolute Gasteiger partial charge is 0.453 e. The molecule has 1 atom stereocenters. The Kier molecular flexibility index (Phi) is 5.77. The predicted molar refractivity (Wildman–Crippen MR) is 78.6 cm³/mol. The quantitative estimate of drug-likeness (QED) is 0.769. The van der Waals surface area contributed by atoms with E-state index in [1.54, 1.807) is 0 Å². The number of nitrogens with one attached hydrogen (secondary N) is 1. The van der Waals surface area contributed by atoms with Crippen LogP contribution in [-0.4, -0.2) is 6.54 Å². The molecule has 2 rings (SSSR count). The van der Waals surface area contributed by atoms with Gasteiger partial charge in [-0.15, -0.1) is 0 Å². The van der Waals surface area contributed by atoms with E-state index in [0.717, 1.165) is 22.9 Å². The van der Waals surface area contributed by atoms with Crippen LogP contribution in [0.4, 0.5) is 0 Å². The Morgan fingerprint density at radius 3 is 2.56 bits per heavy atom. The highest BCUT2D eigenvalue weighted by atomic mass is 79.9. The molecule has 1 heterocycles. The molecule has 1 aromatic heterocycles. The summed E-state index contributed by atoms with van der Waals surface area (Å²) >= 11 is 3.41. The summed E-state index contributed by atoms with van der Waals surface area (Å²) < 4.78 is 6.63. The minimum absolute atomic E-state index is 0.398. The summed E-state index contributed by atoms with van der Waals surface area (Å²) in [5, 5.41) is 3.68. The summed E-state index contributed by atoms with van der Waals surface area (Å²) in [5.41, 5.74) is 0. The first-order valence-electron chi connectivity index (χ1n) is 7.30. The van der Waals surface area contributed by atoms with E-state index < -0.39 is 0 Å². The number of hydrogen-bond acceptors (Lipinski definition) is 2. The van der Waals surface area contributed by atoms with Crippen LogP contribution in [0, 0.1) is 5.92 Å². The molecule has 1 aromatic rings. The van der Waals surface area contributed by atoms with Crippen molar-refractivity contribution in [3.8, 4) is 0 Å². The molecule has 3 heteroatoms. The molecule has 1 fully saturated rings. The van der Waals surface area contributed by atoms with Gasteiger partial charge in [-0.25, -0.2) is 0 Å². The molecule has 2 nitrogen and oxygen atoms in total. The van der Waals surface area contributed by atoms with E-state index in [1.807, 2.05) is 6.07 Å². The van der Waals surface area contributed by atoms with Crippen molar-refractivity contribution in [2.24, 2.45) is 5.92 Å². The molecule has 0 radical (unpaired) electrons. The second kappa shape index (κ2) is 7.34. The normalized spacial score (nSPS) is 19.7. The fourth-order valence-corrected chi connectivity index (χ4v) is 3.26. The van der Waals surface area contributed by atoms with Crippen LogP contribution in [0.1, 0.15) is 63.7 Å². The standard InChI is InChI=1S/C15H24BrNO/c1-2-11-17-15(13-9-10-14(16)18-13)12-7-5-3-4-6-8-12/h9-10,12,15,17H,2-8,11H2,1H3. The molecule has 0 amide bonds. The summed E-state index contributed by atoms with van der Waals surface area (Å²) in [5.74, 6) is 1.83. The molecule has 0 aromatic carbocycles. The summed E-state index contributed by atoms with van der Waals surface area (Å²) in [7, 11) is 0. The molecule has 1 unspecified atom stereocenters. The van der Waals surface area contributed by atoms with Gasteiger partial charge in [0, 0.05) is 0 Å². The molecule has 0 saturated heterocycles. The van der Waals surface area contributed by atoms with E-state index in [0.29, 0.717) is 6.04 Å². The number of halogens is 1. The maximum absolute atomic E-state index is 5.79. The van der Waals surface area contributed by atoms with E-state index in [-0.39, 0.29) is 0 Å². The molecule has 1 saturated carbocycles. The first-order valence-corrected chi connectivity index (χ1v) is 8.09.